The SMILES string of the molecule is Cc1onc(-c2c(F)cccc2Cl)c1C(=O)N1CCN(CC2CCCO2)CC1. The lowest BCUT2D eigenvalue weighted by Gasteiger charge is -2.35. The van der Waals surface area contributed by atoms with Crippen molar-refractivity contribution in [1.82, 2.24) is 15.0 Å². The Bertz CT molecular complexity index is 838. The molecule has 150 valence electrons. The van der Waals surface area contributed by atoms with Crippen LogP contribution >= 0.6 is 11.6 Å². The summed E-state index contributed by atoms with van der Waals surface area (Å²) in [6, 6.07) is 4.38. The van der Waals surface area contributed by atoms with E-state index in [4.69, 9.17) is 20.9 Å². The van der Waals surface area contributed by atoms with Gasteiger partial charge in [0.15, 0.2) is 0 Å². The van der Waals surface area contributed by atoms with Crippen LogP contribution in [0.2, 0.25) is 5.02 Å². The minimum atomic E-state index is -0.531. The van der Waals surface area contributed by atoms with E-state index in [1.807, 2.05) is 0 Å². The van der Waals surface area contributed by atoms with Crippen molar-refractivity contribution in [3.8, 4) is 11.3 Å². The highest BCUT2D eigenvalue weighted by Crippen LogP contribution is 2.34. The predicted molar refractivity (Wildman–Crippen MR) is 103 cm³/mol. The second-order valence-electron chi connectivity index (χ2n) is 7.29. The van der Waals surface area contributed by atoms with Gasteiger partial charge >= 0.3 is 0 Å². The lowest BCUT2D eigenvalue weighted by atomic mass is 10.0. The molecule has 4 rings (SSSR count). The summed E-state index contributed by atoms with van der Waals surface area (Å²) < 4.78 is 25.3. The number of benzene rings is 1. The second-order valence-corrected chi connectivity index (χ2v) is 7.69. The van der Waals surface area contributed by atoms with Crippen LogP contribution in [0.1, 0.15) is 29.0 Å². The van der Waals surface area contributed by atoms with Gasteiger partial charge in [0.05, 0.1) is 16.7 Å². The van der Waals surface area contributed by atoms with Gasteiger partial charge in [0, 0.05) is 39.3 Å². The number of carbonyl (C=O) groups is 1. The van der Waals surface area contributed by atoms with Gasteiger partial charge in [-0.2, -0.15) is 0 Å². The molecule has 28 heavy (non-hydrogen) atoms. The molecule has 2 saturated heterocycles. The normalized spacial score (nSPS) is 20.7. The predicted octanol–water partition coefficient (Wildman–Crippen LogP) is 3.38. The van der Waals surface area contributed by atoms with Crippen molar-refractivity contribution in [2.45, 2.75) is 25.9 Å². The van der Waals surface area contributed by atoms with Crippen LogP contribution in [0, 0.1) is 12.7 Å². The third kappa shape index (κ3) is 3.79. The Morgan fingerprint density at radius 2 is 2.11 bits per heavy atom. The maximum absolute atomic E-state index is 14.4. The fourth-order valence-electron chi connectivity index (χ4n) is 3.89. The van der Waals surface area contributed by atoms with Crippen molar-refractivity contribution in [2.75, 3.05) is 39.3 Å². The number of piperazine rings is 1. The Morgan fingerprint density at radius 3 is 2.79 bits per heavy atom. The summed E-state index contributed by atoms with van der Waals surface area (Å²) in [7, 11) is 0. The zero-order valence-corrected chi connectivity index (χ0v) is 16.5. The van der Waals surface area contributed by atoms with Crippen LogP contribution in [0.5, 0.6) is 0 Å². The second kappa shape index (κ2) is 8.19. The van der Waals surface area contributed by atoms with Crippen LogP contribution < -0.4 is 0 Å². The van der Waals surface area contributed by atoms with Crippen molar-refractivity contribution in [3.05, 3.63) is 40.4 Å². The number of amides is 1. The molecule has 8 heteroatoms. The van der Waals surface area contributed by atoms with Crippen LogP contribution in [0.3, 0.4) is 0 Å². The zero-order chi connectivity index (χ0) is 19.7. The van der Waals surface area contributed by atoms with Crippen LogP contribution in [0.15, 0.2) is 22.7 Å². The average Bonchev–Trinajstić information content (AvgIpc) is 3.32. The van der Waals surface area contributed by atoms with E-state index in [0.29, 0.717) is 25.0 Å². The maximum atomic E-state index is 14.4. The molecule has 1 amide bonds. The summed E-state index contributed by atoms with van der Waals surface area (Å²) in [4.78, 5) is 17.3. The number of carbonyl (C=O) groups excluding carboxylic acids is 1. The number of hydrogen-bond donors (Lipinski definition) is 0. The molecule has 2 aromatic rings. The van der Waals surface area contributed by atoms with Gasteiger partial charge in [-0.3, -0.25) is 9.69 Å². The van der Waals surface area contributed by atoms with Gasteiger partial charge in [-0.1, -0.05) is 22.8 Å². The number of ether oxygens (including phenoxy) is 1. The van der Waals surface area contributed by atoms with E-state index in [2.05, 4.69) is 10.1 Å². The van der Waals surface area contributed by atoms with E-state index >= 15 is 0 Å². The number of rotatable bonds is 4. The van der Waals surface area contributed by atoms with Gasteiger partial charge in [-0.05, 0) is 31.9 Å². The van der Waals surface area contributed by atoms with Gasteiger partial charge in [0.25, 0.3) is 5.91 Å². The molecule has 1 aromatic carbocycles. The summed E-state index contributed by atoms with van der Waals surface area (Å²) >= 11 is 6.17. The van der Waals surface area contributed by atoms with E-state index in [-0.39, 0.29) is 27.8 Å². The average molecular weight is 408 g/mol. The van der Waals surface area contributed by atoms with Crippen LogP contribution in [0.4, 0.5) is 4.39 Å². The molecule has 0 aliphatic carbocycles. The lowest BCUT2D eigenvalue weighted by molar-refractivity contribution is 0.0432. The van der Waals surface area contributed by atoms with Crippen molar-refractivity contribution in [3.63, 3.8) is 0 Å². The fraction of sp³-hybridized carbons (Fsp3) is 0.500. The Labute approximate surface area is 168 Å². The van der Waals surface area contributed by atoms with E-state index < -0.39 is 5.82 Å². The summed E-state index contributed by atoms with van der Waals surface area (Å²) in [5, 5.41) is 4.13. The molecule has 2 aliphatic rings. The molecule has 1 aromatic heterocycles. The smallest absolute Gasteiger partial charge is 0.259 e. The third-order valence-corrected chi connectivity index (χ3v) is 5.74. The monoisotopic (exact) mass is 407 g/mol. The summed E-state index contributed by atoms with van der Waals surface area (Å²) in [5.74, 6) is -0.373. The van der Waals surface area contributed by atoms with Crippen molar-refractivity contribution in [1.29, 1.82) is 0 Å². The molecule has 0 bridgehead atoms. The first kappa shape index (κ1) is 19.4. The van der Waals surface area contributed by atoms with Crippen molar-refractivity contribution in [2.24, 2.45) is 0 Å². The number of hydrogen-bond acceptors (Lipinski definition) is 5. The Hall–Kier alpha value is -1.96. The van der Waals surface area contributed by atoms with E-state index in [0.717, 1.165) is 39.1 Å². The molecule has 0 N–H and O–H groups in total. The molecule has 0 saturated carbocycles. The first-order valence-electron chi connectivity index (χ1n) is 9.58. The van der Waals surface area contributed by atoms with Crippen LogP contribution in [-0.2, 0) is 4.74 Å². The van der Waals surface area contributed by atoms with Gasteiger partial charge in [0.2, 0.25) is 0 Å². The first-order valence-corrected chi connectivity index (χ1v) is 9.96. The molecular formula is C20H23ClFN3O3. The minimum Gasteiger partial charge on any atom is -0.377 e. The summed E-state index contributed by atoms with van der Waals surface area (Å²) in [6.07, 6.45) is 2.53. The van der Waals surface area contributed by atoms with Crippen molar-refractivity contribution < 1.29 is 18.4 Å². The van der Waals surface area contributed by atoms with Crippen LogP contribution in [-0.4, -0.2) is 66.3 Å². The molecule has 0 radical (unpaired) electrons. The van der Waals surface area contributed by atoms with Crippen LogP contribution in [0.25, 0.3) is 11.3 Å². The molecule has 0 spiro atoms. The number of halogens is 2. The largest absolute Gasteiger partial charge is 0.377 e. The van der Waals surface area contributed by atoms with Gasteiger partial charge < -0.3 is 14.2 Å². The highest BCUT2D eigenvalue weighted by molar-refractivity contribution is 6.33. The van der Waals surface area contributed by atoms with E-state index in [1.165, 1.54) is 12.1 Å². The fourth-order valence-corrected chi connectivity index (χ4v) is 4.14. The molecule has 1 unspecified atom stereocenters. The minimum absolute atomic E-state index is 0.0985. The van der Waals surface area contributed by atoms with Gasteiger partial charge in [-0.25, -0.2) is 4.39 Å². The van der Waals surface area contributed by atoms with Gasteiger partial charge in [0.1, 0.15) is 22.8 Å². The Morgan fingerprint density at radius 1 is 1.32 bits per heavy atom. The first-order chi connectivity index (χ1) is 13.5. The number of nitrogens with zero attached hydrogens (tertiary/aromatic N) is 3. The number of aromatic nitrogens is 1. The van der Waals surface area contributed by atoms with E-state index in [1.54, 1.807) is 17.9 Å². The zero-order valence-electron chi connectivity index (χ0n) is 15.8. The summed E-state index contributed by atoms with van der Waals surface area (Å²) in [6.45, 7) is 6.17. The number of aryl methyl sites for hydroxylation is 1. The molecule has 3 heterocycles. The highest BCUT2D eigenvalue weighted by Gasteiger charge is 2.31. The molecule has 2 aliphatic heterocycles. The summed E-state index contributed by atoms with van der Waals surface area (Å²) in [5.41, 5.74) is 0.536. The Balaban J connectivity index is 1.49. The topological polar surface area (TPSA) is 58.8 Å². The highest BCUT2D eigenvalue weighted by atomic mass is 35.5. The molecule has 1 atom stereocenters. The third-order valence-electron chi connectivity index (χ3n) is 5.42. The quantitative estimate of drug-likeness (QED) is 0.777. The molecule has 2 fully saturated rings. The molecular weight excluding hydrogens is 385 g/mol. The molecule has 6 nitrogen and oxygen atoms in total. The lowest BCUT2D eigenvalue weighted by Crippen LogP contribution is -2.50. The van der Waals surface area contributed by atoms with Gasteiger partial charge in [-0.15, -0.1) is 0 Å². The van der Waals surface area contributed by atoms with Crippen molar-refractivity contribution >= 4 is 17.5 Å². The maximum Gasteiger partial charge on any atom is 0.259 e. The standard InChI is InChI=1S/C20H23ClFN3O3/c1-13-17(19(23-28-13)18-15(21)5-2-6-16(18)22)20(26)25-9-7-24(8-10-25)12-14-4-3-11-27-14/h2,5-6,14H,3-4,7-12H2,1H3. The Kier molecular flexibility index (Phi) is 5.66. The van der Waals surface area contributed by atoms with E-state index in [9.17, 15) is 9.18 Å².